The lowest BCUT2D eigenvalue weighted by Crippen LogP contribution is -2.16. The zero-order valence-corrected chi connectivity index (χ0v) is 14.0. The van der Waals surface area contributed by atoms with Crippen LogP contribution in [-0.4, -0.2) is 34.0 Å². The summed E-state index contributed by atoms with van der Waals surface area (Å²) >= 11 is 0. The minimum atomic E-state index is -3.51. The van der Waals surface area contributed by atoms with E-state index in [1.54, 1.807) is 13.0 Å². The van der Waals surface area contributed by atoms with Gasteiger partial charge in [-0.1, -0.05) is 18.7 Å². The van der Waals surface area contributed by atoms with Crippen molar-refractivity contribution in [1.82, 2.24) is 4.90 Å². The summed E-state index contributed by atoms with van der Waals surface area (Å²) in [6, 6.07) is 5.63. The number of likely N-dealkylation sites (N-methyl/N-ethyl adjacent to an activating group) is 1. The highest BCUT2D eigenvalue weighted by atomic mass is 32.2. The molecule has 0 atom stereocenters. The second kappa shape index (κ2) is 7.43. The van der Waals surface area contributed by atoms with Gasteiger partial charge in [-0.2, -0.15) is 0 Å². The fourth-order valence-electron chi connectivity index (χ4n) is 1.84. The Bertz CT molecular complexity index is 632. The minimum Gasteiger partial charge on any atom is -0.309 e. The third-order valence-electron chi connectivity index (χ3n) is 3.21. The number of benzene rings is 1. The molecule has 0 saturated heterocycles. The Labute approximate surface area is 128 Å². The van der Waals surface area contributed by atoms with Gasteiger partial charge in [0.25, 0.3) is 10.0 Å². The quantitative estimate of drug-likeness (QED) is 0.788. The highest BCUT2D eigenvalue weighted by Crippen LogP contribution is 2.19. The SMILES string of the molecule is C=C/C=C(\C)S(=O)(=O)Nc1ccc(C)c(CCN(C)C)c1. The molecule has 21 heavy (non-hydrogen) atoms. The smallest absolute Gasteiger partial charge is 0.257 e. The van der Waals surface area contributed by atoms with Crippen molar-refractivity contribution in [3.8, 4) is 0 Å². The molecule has 1 aromatic rings. The van der Waals surface area contributed by atoms with Gasteiger partial charge in [0.15, 0.2) is 0 Å². The highest BCUT2D eigenvalue weighted by Gasteiger charge is 2.13. The normalized spacial score (nSPS) is 12.5. The van der Waals surface area contributed by atoms with Crippen molar-refractivity contribution in [1.29, 1.82) is 0 Å². The molecule has 0 amide bonds. The minimum absolute atomic E-state index is 0.243. The van der Waals surface area contributed by atoms with Gasteiger partial charge in [0.2, 0.25) is 0 Å². The Morgan fingerprint density at radius 1 is 1.38 bits per heavy atom. The maximum atomic E-state index is 12.1. The number of hydrogen-bond donors (Lipinski definition) is 1. The van der Waals surface area contributed by atoms with Crippen LogP contribution in [-0.2, 0) is 16.4 Å². The maximum absolute atomic E-state index is 12.1. The molecule has 1 aromatic carbocycles. The number of nitrogens with one attached hydrogen (secondary N) is 1. The Hall–Kier alpha value is -1.59. The van der Waals surface area contributed by atoms with E-state index in [0.717, 1.165) is 24.1 Å². The summed E-state index contributed by atoms with van der Waals surface area (Å²) in [5.74, 6) is 0. The lowest BCUT2D eigenvalue weighted by Gasteiger charge is -2.14. The molecule has 0 aliphatic rings. The van der Waals surface area contributed by atoms with E-state index in [2.05, 4.69) is 16.2 Å². The lowest BCUT2D eigenvalue weighted by atomic mass is 10.0. The van der Waals surface area contributed by atoms with Gasteiger partial charge >= 0.3 is 0 Å². The average Bonchev–Trinajstić information content (AvgIpc) is 2.39. The topological polar surface area (TPSA) is 49.4 Å². The van der Waals surface area contributed by atoms with Crippen LogP contribution in [0.2, 0.25) is 0 Å². The monoisotopic (exact) mass is 308 g/mol. The van der Waals surface area contributed by atoms with E-state index >= 15 is 0 Å². The number of hydrogen-bond acceptors (Lipinski definition) is 3. The predicted molar refractivity (Wildman–Crippen MR) is 89.9 cm³/mol. The summed E-state index contributed by atoms with van der Waals surface area (Å²) in [4.78, 5) is 2.35. The Morgan fingerprint density at radius 2 is 2.05 bits per heavy atom. The predicted octanol–water partition coefficient (Wildman–Crippen LogP) is 2.93. The highest BCUT2D eigenvalue weighted by molar-refractivity contribution is 7.96. The van der Waals surface area contributed by atoms with Crippen molar-refractivity contribution in [3.63, 3.8) is 0 Å². The lowest BCUT2D eigenvalue weighted by molar-refractivity contribution is 0.413. The van der Waals surface area contributed by atoms with E-state index in [-0.39, 0.29) is 4.91 Å². The van der Waals surface area contributed by atoms with Crippen LogP contribution in [0.5, 0.6) is 0 Å². The number of rotatable bonds is 7. The molecule has 0 aliphatic carbocycles. The number of anilines is 1. The maximum Gasteiger partial charge on any atom is 0.257 e. The van der Waals surface area contributed by atoms with Crippen LogP contribution >= 0.6 is 0 Å². The molecule has 0 spiro atoms. The van der Waals surface area contributed by atoms with Crippen molar-refractivity contribution in [2.45, 2.75) is 20.3 Å². The molecule has 0 aliphatic heterocycles. The zero-order chi connectivity index (χ0) is 16.0. The summed E-state index contributed by atoms with van der Waals surface area (Å²) in [7, 11) is 0.531. The summed E-state index contributed by atoms with van der Waals surface area (Å²) in [6.45, 7) is 8.02. The molecule has 1 rings (SSSR count). The van der Waals surface area contributed by atoms with Crippen LogP contribution in [0.1, 0.15) is 18.1 Å². The second-order valence-electron chi connectivity index (χ2n) is 5.31. The standard InChI is InChI=1S/C16H24N2O2S/c1-6-7-14(3)21(19,20)17-16-9-8-13(2)15(12-16)10-11-18(4)5/h6-9,12,17H,1,10-11H2,2-5H3/b14-7+. The first-order valence-electron chi connectivity index (χ1n) is 6.82. The molecule has 0 aromatic heterocycles. The van der Waals surface area contributed by atoms with Gasteiger partial charge in [0.1, 0.15) is 0 Å². The third kappa shape index (κ3) is 5.36. The molecule has 0 saturated carbocycles. The molecule has 1 N–H and O–H groups in total. The van der Waals surface area contributed by atoms with Crippen molar-refractivity contribution in [2.75, 3.05) is 25.4 Å². The van der Waals surface area contributed by atoms with Crippen LogP contribution in [0.15, 0.2) is 41.8 Å². The first-order valence-corrected chi connectivity index (χ1v) is 8.31. The van der Waals surface area contributed by atoms with E-state index in [1.807, 2.05) is 33.2 Å². The van der Waals surface area contributed by atoms with Crippen LogP contribution in [0.3, 0.4) is 0 Å². The van der Waals surface area contributed by atoms with Gasteiger partial charge in [-0.05, 0) is 63.7 Å². The van der Waals surface area contributed by atoms with E-state index < -0.39 is 10.0 Å². The molecule has 116 valence electrons. The van der Waals surface area contributed by atoms with E-state index in [9.17, 15) is 8.42 Å². The molecule has 0 unspecified atom stereocenters. The molecule has 4 nitrogen and oxygen atoms in total. The summed E-state index contributed by atoms with van der Waals surface area (Å²) < 4.78 is 26.8. The van der Waals surface area contributed by atoms with Gasteiger partial charge in [-0.25, -0.2) is 8.42 Å². The molecule has 0 bridgehead atoms. The number of allylic oxidation sites excluding steroid dienone is 3. The summed E-state index contributed by atoms with van der Waals surface area (Å²) in [5.41, 5.74) is 2.90. The fraction of sp³-hybridized carbons (Fsp3) is 0.375. The zero-order valence-electron chi connectivity index (χ0n) is 13.2. The summed E-state index contributed by atoms with van der Waals surface area (Å²) in [6.07, 6.45) is 3.82. The molecule has 5 heteroatoms. The van der Waals surface area contributed by atoms with Gasteiger partial charge in [-0.3, -0.25) is 4.72 Å². The first kappa shape index (κ1) is 17.5. The van der Waals surface area contributed by atoms with E-state index in [1.165, 1.54) is 12.2 Å². The largest absolute Gasteiger partial charge is 0.309 e. The van der Waals surface area contributed by atoms with Gasteiger partial charge in [0.05, 0.1) is 4.91 Å². The molecular formula is C16H24N2O2S. The Balaban J connectivity index is 2.97. The average molecular weight is 308 g/mol. The van der Waals surface area contributed by atoms with Crippen molar-refractivity contribution < 1.29 is 8.42 Å². The van der Waals surface area contributed by atoms with Gasteiger partial charge < -0.3 is 4.90 Å². The first-order chi connectivity index (χ1) is 9.76. The second-order valence-corrected chi connectivity index (χ2v) is 7.17. The Morgan fingerprint density at radius 3 is 2.62 bits per heavy atom. The Kier molecular flexibility index (Phi) is 6.18. The fourth-order valence-corrected chi connectivity index (χ4v) is 2.71. The molecular weight excluding hydrogens is 284 g/mol. The number of nitrogens with zero attached hydrogens (tertiary/aromatic N) is 1. The van der Waals surface area contributed by atoms with Crippen molar-refractivity contribution in [3.05, 3.63) is 53.0 Å². The van der Waals surface area contributed by atoms with E-state index in [4.69, 9.17) is 0 Å². The molecule has 0 radical (unpaired) electrons. The van der Waals surface area contributed by atoms with Gasteiger partial charge in [-0.15, -0.1) is 0 Å². The van der Waals surface area contributed by atoms with E-state index in [0.29, 0.717) is 5.69 Å². The van der Waals surface area contributed by atoms with Crippen molar-refractivity contribution >= 4 is 15.7 Å². The number of sulfonamides is 1. The summed E-state index contributed by atoms with van der Waals surface area (Å²) in [5, 5.41) is 0. The van der Waals surface area contributed by atoms with Crippen molar-refractivity contribution in [2.24, 2.45) is 0 Å². The van der Waals surface area contributed by atoms with Gasteiger partial charge in [0, 0.05) is 12.2 Å². The van der Waals surface area contributed by atoms with Crippen LogP contribution < -0.4 is 4.72 Å². The van der Waals surface area contributed by atoms with Crippen LogP contribution in [0.4, 0.5) is 5.69 Å². The molecule has 0 fully saturated rings. The molecule has 0 heterocycles. The third-order valence-corrected chi connectivity index (χ3v) is 4.69. The van der Waals surface area contributed by atoms with Crippen LogP contribution in [0.25, 0.3) is 0 Å². The number of aryl methyl sites for hydroxylation is 1. The van der Waals surface area contributed by atoms with Crippen LogP contribution in [0, 0.1) is 6.92 Å².